The van der Waals surface area contributed by atoms with Crippen LogP contribution in [-0.4, -0.2) is 32.1 Å². The number of halogens is 1. The van der Waals surface area contributed by atoms with Crippen molar-refractivity contribution in [3.8, 4) is 5.75 Å². The fraction of sp³-hybridized carbons (Fsp3) is 0.462. The summed E-state index contributed by atoms with van der Waals surface area (Å²) in [6.07, 6.45) is 1.43. The SMILES string of the molecule is COc1cccc(CC(=O)NC2CCNC2)c1.Cl. The Balaban J connectivity index is 0.00000162. The number of amides is 1. The molecule has 2 rings (SSSR count). The van der Waals surface area contributed by atoms with Gasteiger partial charge in [0, 0.05) is 12.6 Å². The van der Waals surface area contributed by atoms with Crippen LogP contribution in [0.5, 0.6) is 5.75 Å². The largest absolute Gasteiger partial charge is 0.497 e. The Kier molecular flexibility index (Phi) is 5.95. The second-order valence-corrected chi connectivity index (χ2v) is 4.29. The Bertz CT molecular complexity index is 392. The highest BCUT2D eigenvalue weighted by molar-refractivity contribution is 5.85. The molecule has 1 heterocycles. The number of ether oxygens (including phenoxy) is 1. The number of methoxy groups -OCH3 is 1. The van der Waals surface area contributed by atoms with Crippen molar-refractivity contribution >= 4 is 18.3 Å². The van der Waals surface area contributed by atoms with E-state index in [9.17, 15) is 4.79 Å². The number of hydrogen-bond acceptors (Lipinski definition) is 3. The summed E-state index contributed by atoms with van der Waals surface area (Å²) >= 11 is 0. The van der Waals surface area contributed by atoms with E-state index < -0.39 is 0 Å². The number of rotatable bonds is 4. The number of carbonyl (C=O) groups excluding carboxylic acids is 1. The van der Waals surface area contributed by atoms with Gasteiger partial charge in [0.1, 0.15) is 5.75 Å². The maximum Gasteiger partial charge on any atom is 0.224 e. The molecular weight excluding hydrogens is 252 g/mol. The van der Waals surface area contributed by atoms with Gasteiger partial charge in [0.05, 0.1) is 13.5 Å². The molecule has 5 heteroatoms. The van der Waals surface area contributed by atoms with Gasteiger partial charge in [-0.15, -0.1) is 12.4 Å². The molecule has 1 aliphatic heterocycles. The molecule has 1 unspecified atom stereocenters. The molecule has 1 aromatic carbocycles. The zero-order chi connectivity index (χ0) is 12.1. The van der Waals surface area contributed by atoms with Gasteiger partial charge in [0.2, 0.25) is 5.91 Å². The van der Waals surface area contributed by atoms with Crippen LogP contribution in [0.4, 0.5) is 0 Å². The zero-order valence-corrected chi connectivity index (χ0v) is 11.3. The van der Waals surface area contributed by atoms with Gasteiger partial charge >= 0.3 is 0 Å². The van der Waals surface area contributed by atoms with Crippen LogP contribution in [0.15, 0.2) is 24.3 Å². The van der Waals surface area contributed by atoms with Crippen LogP contribution in [0.3, 0.4) is 0 Å². The van der Waals surface area contributed by atoms with Crippen molar-refractivity contribution in [2.24, 2.45) is 0 Å². The Morgan fingerprint density at radius 2 is 2.39 bits per heavy atom. The monoisotopic (exact) mass is 270 g/mol. The molecule has 0 aromatic heterocycles. The van der Waals surface area contributed by atoms with Gasteiger partial charge in [-0.2, -0.15) is 0 Å². The normalized spacial score (nSPS) is 17.9. The van der Waals surface area contributed by atoms with Gasteiger partial charge in [-0.1, -0.05) is 12.1 Å². The summed E-state index contributed by atoms with van der Waals surface area (Å²) in [5.74, 6) is 0.866. The van der Waals surface area contributed by atoms with E-state index in [0.29, 0.717) is 6.42 Å². The first-order valence-corrected chi connectivity index (χ1v) is 5.91. The average molecular weight is 271 g/mol. The smallest absolute Gasteiger partial charge is 0.224 e. The number of nitrogens with one attached hydrogen (secondary N) is 2. The lowest BCUT2D eigenvalue weighted by Gasteiger charge is -2.11. The molecule has 0 radical (unpaired) electrons. The van der Waals surface area contributed by atoms with Gasteiger partial charge in [0.25, 0.3) is 0 Å². The predicted molar refractivity (Wildman–Crippen MR) is 73.4 cm³/mol. The Morgan fingerprint density at radius 1 is 1.56 bits per heavy atom. The molecule has 0 bridgehead atoms. The van der Waals surface area contributed by atoms with E-state index >= 15 is 0 Å². The lowest BCUT2D eigenvalue weighted by Crippen LogP contribution is -2.37. The zero-order valence-electron chi connectivity index (χ0n) is 10.4. The molecule has 0 spiro atoms. The molecule has 1 fully saturated rings. The minimum absolute atomic E-state index is 0. The van der Waals surface area contributed by atoms with E-state index in [1.807, 2.05) is 24.3 Å². The van der Waals surface area contributed by atoms with Crippen molar-refractivity contribution in [1.29, 1.82) is 0 Å². The van der Waals surface area contributed by atoms with Gasteiger partial charge in [-0.3, -0.25) is 4.79 Å². The number of hydrogen-bond donors (Lipinski definition) is 2. The van der Waals surface area contributed by atoms with Crippen molar-refractivity contribution in [2.45, 2.75) is 18.9 Å². The summed E-state index contributed by atoms with van der Waals surface area (Å²) < 4.78 is 5.13. The standard InChI is InChI=1S/C13H18N2O2.ClH/c1-17-12-4-2-3-10(7-12)8-13(16)15-11-5-6-14-9-11;/h2-4,7,11,14H,5-6,8-9H2,1H3,(H,15,16);1H. The maximum atomic E-state index is 11.8. The Hall–Kier alpha value is -1.26. The molecular formula is C13H19ClN2O2. The first-order valence-electron chi connectivity index (χ1n) is 5.91. The second-order valence-electron chi connectivity index (χ2n) is 4.29. The van der Waals surface area contributed by atoms with Crippen molar-refractivity contribution < 1.29 is 9.53 Å². The van der Waals surface area contributed by atoms with Crippen LogP contribution in [0.1, 0.15) is 12.0 Å². The summed E-state index contributed by atoms with van der Waals surface area (Å²) in [6.45, 7) is 1.87. The third-order valence-electron chi connectivity index (χ3n) is 2.92. The molecule has 1 aromatic rings. The lowest BCUT2D eigenvalue weighted by atomic mass is 10.1. The van der Waals surface area contributed by atoms with Gasteiger partial charge in [0.15, 0.2) is 0 Å². The Morgan fingerprint density at radius 3 is 3.06 bits per heavy atom. The molecule has 100 valence electrons. The maximum absolute atomic E-state index is 11.8. The molecule has 2 N–H and O–H groups in total. The highest BCUT2D eigenvalue weighted by Gasteiger charge is 2.16. The molecule has 0 saturated carbocycles. The predicted octanol–water partition coefficient (Wildman–Crippen LogP) is 1.14. The van der Waals surface area contributed by atoms with E-state index in [1.54, 1.807) is 7.11 Å². The third kappa shape index (κ3) is 4.20. The van der Waals surface area contributed by atoms with E-state index in [4.69, 9.17) is 4.74 Å². The molecule has 1 atom stereocenters. The first-order chi connectivity index (χ1) is 8.28. The van der Waals surface area contributed by atoms with Crippen LogP contribution in [-0.2, 0) is 11.2 Å². The van der Waals surface area contributed by atoms with E-state index in [0.717, 1.165) is 30.8 Å². The molecule has 1 aliphatic rings. The fourth-order valence-electron chi connectivity index (χ4n) is 2.02. The second kappa shape index (κ2) is 7.24. The van der Waals surface area contributed by atoms with Crippen molar-refractivity contribution in [2.75, 3.05) is 20.2 Å². The summed E-state index contributed by atoms with van der Waals surface area (Å²) in [4.78, 5) is 11.8. The minimum atomic E-state index is 0. The van der Waals surface area contributed by atoms with Gasteiger partial charge in [-0.05, 0) is 30.7 Å². The van der Waals surface area contributed by atoms with Gasteiger partial charge in [-0.25, -0.2) is 0 Å². The first kappa shape index (κ1) is 14.8. The molecule has 1 saturated heterocycles. The lowest BCUT2D eigenvalue weighted by molar-refractivity contribution is -0.121. The van der Waals surface area contributed by atoms with Crippen molar-refractivity contribution in [3.63, 3.8) is 0 Å². The van der Waals surface area contributed by atoms with E-state index in [2.05, 4.69) is 10.6 Å². The van der Waals surface area contributed by atoms with Crippen molar-refractivity contribution in [3.05, 3.63) is 29.8 Å². The Labute approximate surface area is 114 Å². The highest BCUT2D eigenvalue weighted by Crippen LogP contribution is 2.13. The summed E-state index contributed by atoms with van der Waals surface area (Å²) in [5, 5.41) is 6.25. The quantitative estimate of drug-likeness (QED) is 0.863. The fourth-order valence-corrected chi connectivity index (χ4v) is 2.02. The van der Waals surface area contributed by atoms with Crippen molar-refractivity contribution in [1.82, 2.24) is 10.6 Å². The van der Waals surface area contributed by atoms with Crippen LogP contribution in [0.2, 0.25) is 0 Å². The number of benzene rings is 1. The van der Waals surface area contributed by atoms with Gasteiger partial charge < -0.3 is 15.4 Å². The summed E-state index contributed by atoms with van der Waals surface area (Å²) in [6, 6.07) is 7.90. The molecule has 1 amide bonds. The third-order valence-corrected chi connectivity index (χ3v) is 2.92. The molecule has 18 heavy (non-hydrogen) atoms. The van der Waals surface area contributed by atoms with Crippen LogP contribution in [0.25, 0.3) is 0 Å². The summed E-state index contributed by atoms with van der Waals surface area (Å²) in [5.41, 5.74) is 0.979. The van der Waals surface area contributed by atoms with Crippen LogP contribution in [0, 0.1) is 0 Å². The summed E-state index contributed by atoms with van der Waals surface area (Å²) in [7, 11) is 1.63. The highest BCUT2D eigenvalue weighted by atomic mass is 35.5. The van der Waals surface area contributed by atoms with E-state index in [-0.39, 0.29) is 24.4 Å². The molecule has 0 aliphatic carbocycles. The average Bonchev–Trinajstić information content (AvgIpc) is 2.82. The van der Waals surface area contributed by atoms with Crippen LogP contribution < -0.4 is 15.4 Å². The van der Waals surface area contributed by atoms with Crippen LogP contribution >= 0.6 is 12.4 Å². The molecule has 4 nitrogen and oxygen atoms in total. The number of carbonyl (C=O) groups is 1. The topological polar surface area (TPSA) is 50.4 Å². The minimum Gasteiger partial charge on any atom is -0.497 e. The van der Waals surface area contributed by atoms with E-state index in [1.165, 1.54) is 0 Å².